The predicted octanol–water partition coefficient (Wildman–Crippen LogP) is 3.71. The van der Waals surface area contributed by atoms with Crippen LogP contribution in [0.15, 0.2) is 24.3 Å². The van der Waals surface area contributed by atoms with Gasteiger partial charge in [-0.25, -0.2) is 0 Å². The Balaban J connectivity index is 2.12. The van der Waals surface area contributed by atoms with Crippen LogP contribution in [0.3, 0.4) is 0 Å². The number of hydrogen-bond donors (Lipinski definition) is 2. The summed E-state index contributed by atoms with van der Waals surface area (Å²) in [7, 11) is 0. The minimum absolute atomic E-state index is 0.248. The first-order valence-electron chi connectivity index (χ1n) is 7.97. The Bertz CT molecular complexity index is 390. The van der Waals surface area contributed by atoms with Crippen molar-refractivity contribution in [1.29, 1.82) is 0 Å². The van der Waals surface area contributed by atoms with Crippen molar-refractivity contribution in [2.24, 2.45) is 5.73 Å². The van der Waals surface area contributed by atoms with E-state index in [1.807, 2.05) is 24.3 Å². The van der Waals surface area contributed by atoms with Crippen molar-refractivity contribution >= 4 is 11.6 Å². The van der Waals surface area contributed by atoms with Crippen LogP contribution in [-0.2, 0) is 4.79 Å². The van der Waals surface area contributed by atoms with Crippen molar-refractivity contribution in [2.75, 3.05) is 18.5 Å². The van der Waals surface area contributed by atoms with Crippen molar-refractivity contribution in [3.63, 3.8) is 0 Å². The fourth-order valence-corrected chi connectivity index (χ4v) is 2.08. The summed E-state index contributed by atoms with van der Waals surface area (Å²) in [4.78, 5) is 10.6. The predicted molar refractivity (Wildman–Crippen MR) is 87.6 cm³/mol. The Morgan fingerprint density at radius 2 is 1.76 bits per heavy atom. The Hall–Kier alpha value is -1.71. The molecular weight excluding hydrogens is 264 g/mol. The second-order valence-corrected chi connectivity index (χ2v) is 5.28. The molecule has 4 nitrogen and oxygen atoms in total. The van der Waals surface area contributed by atoms with Crippen molar-refractivity contribution in [3.05, 3.63) is 24.3 Å². The molecule has 1 rings (SSSR count). The van der Waals surface area contributed by atoms with Crippen LogP contribution in [0.1, 0.15) is 51.9 Å². The molecular formula is C17H28N2O2. The molecule has 0 aliphatic rings. The molecule has 0 aliphatic heterocycles. The first-order valence-corrected chi connectivity index (χ1v) is 7.97. The van der Waals surface area contributed by atoms with Gasteiger partial charge < -0.3 is 15.8 Å². The molecule has 0 aromatic heterocycles. The van der Waals surface area contributed by atoms with E-state index in [2.05, 4.69) is 12.2 Å². The van der Waals surface area contributed by atoms with Gasteiger partial charge >= 0.3 is 0 Å². The lowest BCUT2D eigenvalue weighted by Gasteiger charge is -2.08. The zero-order valence-electron chi connectivity index (χ0n) is 13.1. The highest BCUT2D eigenvalue weighted by Gasteiger charge is 1.98. The van der Waals surface area contributed by atoms with Crippen molar-refractivity contribution < 1.29 is 9.53 Å². The molecule has 21 heavy (non-hydrogen) atoms. The Morgan fingerprint density at radius 3 is 2.43 bits per heavy atom. The third kappa shape index (κ3) is 8.95. The summed E-state index contributed by atoms with van der Waals surface area (Å²) in [6.45, 7) is 3.58. The lowest BCUT2D eigenvalue weighted by molar-refractivity contribution is -0.118. The summed E-state index contributed by atoms with van der Waals surface area (Å²) in [5.74, 6) is 0.425. The Kier molecular flexibility index (Phi) is 9.09. The Labute approximate surface area is 128 Å². The molecule has 0 spiro atoms. The quantitative estimate of drug-likeness (QED) is 0.577. The van der Waals surface area contributed by atoms with Gasteiger partial charge in [-0.15, -0.1) is 0 Å². The molecule has 0 fully saturated rings. The summed E-state index contributed by atoms with van der Waals surface area (Å²) in [5.41, 5.74) is 6.16. The monoisotopic (exact) mass is 292 g/mol. The SMILES string of the molecule is CCCCCCCCNc1ccc(OCCC(N)=O)cc1. The minimum Gasteiger partial charge on any atom is -0.493 e. The van der Waals surface area contributed by atoms with Crippen molar-refractivity contribution in [1.82, 2.24) is 0 Å². The summed E-state index contributed by atoms with van der Waals surface area (Å²) in [6, 6.07) is 7.81. The maximum Gasteiger partial charge on any atom is 0.220 e. The number of carbonyl (C=O) groups excluding carboxylic acids is 1. The van der Waals surface area contributed by atoms with Gasteiger partial charge in [-0.1, -0.05) is 39.0 Å². The zero-order chi connectivity index (χ0) is 15.3. The third-order valence-electron chi connectivity index (χ3n) is 3.33. The molecule has 1 amide bonds. The van der Waals surface area contributed by atoms with Crippen LogP contribution < -0.4 is 15.8 Å². The first-order chi connectivity index (χ1) is 10.2. The van der Waals surface area contributed by atoms with E-state index in [1.54, 1.807) is 0 Å². The van der Waals surface area contributed by atoms with Gasteiger partial charge in [0.05, 0.1) is 13.0 Å². The molecule has 0 atom stereocenters. The van der Waals surface area contributed by atoms with Gasteiger partial charge in [0.2, 0.25) is 5.91 Å². The number of nitrogens with two attached hydrogens (primary N) is 1. The van der Waals surface area contributed by atoms with E-state index >= 15 is 0 Å². The van der Waals surface area contributed by atoms with Gasteiger partial charge in [-0.3, -0.25) is 4.79 Å². The number of primary amides is 1. The van der Waals surface area contributed by atoms with Crippen LogP contribution in [0.2, 0.25) is 0 Å². The fourth-order valence-electron chi connectivity index (χ4n) is 2.08. The molecule has 118 valence electrons. The maximum atomic E-state index is 10.6. The molecule has 0 heterocycles. The van der Waals surface area contributed by atoms with Crippen LogP contribution >= 0.6 is 0 Å². The maximum absolute atomic E-state index is 10.6. The van der Waals surface area contributed by atoms with E-state index in [9.17, 15) is 4.79 Å². The topological polar surface area (TPSA) is 64.3 Å². The molecule has 0 saturated heterocycles. The van der Waals surface area contributed by atoms with Gasteiger partial charge in [0.15, 0.2) is 0 Å². The minimum atomic E-state index is -0.341. The summed E-state index contributed by atoms with van der Waals surface area (Å²) in [6.07, 6.45) is 8.09. The van der Waals surface area contributed by atoms with Gasteiger partial charge in [0, 0.05) is 12.2 Å². The number of rotatable bonds is 12. The molecule has 0 radical (unpaired) electrons. The van der Waals surface area contributed by atoms with Crippen LogP contribution in [0.4, 0.5) is 5.69 Å². The smallest absolute Gasteiger partial charge is 0.220 e. The normalized spacial score (nSPS) is 10.3. The molecule has 0 bridgehead atoms. The molecule has 0 unspecified atom stereocenters. The highest BCUT2D eigenvalue weighted by molar-refractivity contribution is 5.73. The highest BCUT2D eigenvalue weighted by atomic mass is 16.5. The number of ether oxygens (including phenoxy) is 1. The summed E-state index contributed by atoms with van der Waals surface area (Å²) >= 11 is 0. The third-order valence-corrected chi connectivity index (χ3v) is 3.33. The van der Waals surface area contributed by atoms with E-state index in [0.29, 0.717) is 6.61 Å². The molecule has 4 heteroatoms. The van der Waals surface area contributed by atoms with Crippen LogP contribution in [0.25, 0.3) is 0 Å². The van der Waals surface area contributed by atoms with Gasteiger partial charge in [-0.05, 0) is 30.7 Å². The van der Waals surface area contributed by atoms with Crippen molar-refractivity contribution in [2.45, 2.75) is 51.9 Å². The van der Waals surface area contributed by atoms with E-state index in [1.165, 1.54) is 38.5 Å². The highest BCUT2D eigenvalue weighted by Crippen LogP contribution is 2.16. The van der Waals surface area contributed by atoms with Gasteiger partial charge in [0.25, 0.3) is 0 Å². The van der Waals surface area contributed by atoms with E-state index < -0.39 is 0 Å². The second kappa shape index (κ2) is 11.0. The van der Waals surface area contributed by atoms with E-state index in [4.69, 9.17) is 10.5 Å². The fraction of sp³-hybridized carbons (Fsp3) is 0.588. The number of amides is 1. The number of carbonyl (C=O) groups is 1. The molecule has 0 aliphatic carbocycles. The molecule has 3 N–H and O–H groups in total. The number of nitrogens with one attached hydrogen (secondary N) is 1. The zero-order valence-corrected chi connectivity index (χ0v) is 13.1. The lowest BCUT2D eigenvalue weighted by atomic mass is 10.1. The molecule has 1 aromatic rings. The van der Waals surface area contributed by atoms with Gasteiger partial charge in [-0.2, -0.15) is 0 Å². The van der Waals surface area contributed by atoms with Crippen LogP contribution in [0.5, 0.6) is 5.75 Å². The lowest BCUT2D eigenvalue weighted by Crippen LogP contribution is -2.14. The van der Waals surface area contributed by atoms with E-state index in [0.717, 1.165) is 18.0 Å². The number of hydrogen-bond acceptors (Lipinski definition) is 3. The summed E-state index contributed by atoms with van der Waals surface area (Å²) in [5, 5.41) is 3.41. The molecule has 0 saturated carbocycles. The average Bonchev–Trinajstić information content (AvgIpc) is 2.47. The standard InChI is InChI=1S/C17H28N2O2/c1-2-3-4-5-6-7-13-19-15-8-10-16(11-9-15)21-14-12-17(18)20/h8-11,19H,2-7,12-14H2,1H3,(H2,18,20). The second-order valence-electron chi connectivity index (χ2n) is 5.28. The van der Waals surface area contributed by atoms with Crippen LogP contribution in [0, 0.1) is 0 Å². The average molecular weight is 292 g/mol. The van der Waals surface area contributed by atoms with E-state index in [-0.39, 0.29) is 12.3 Å². The van der Waals surface area contributed by atoms with Crippen LogP contribution in [-0.4, -0.2) is 19.1 Å². The number of anilines is 1. The number of benzene rings is 1. The van der Waals surface area contributed by atoms with Gasteiger partial charge in [0.1, 0.15) is 5.75 Å². The molecule has 1 aromatic carbocycles. The summed E-state index contributed by atoms with van der Waals surface area (Å²) < 4.78 is 5.42. The number of unbranched alkanes of at least 4 members (excludes halogenated alkanes) is 5. The first kappa shape index (κ1) is 17.3. The largest absolute Gasteiger partial charge is 0.493 e. The Morgan fingerprint density at radius 1 is 1.10 bits per heavy atom. The van der Waals surface area contributed by atoms with Crippen molar-refractivity contribution in [3.8, 4) is 5.75 Å².